The zero-order chi connectivity index (χ0) is 24.1. The summed E-state index contributed by atoms with van der Waals surface area (Å²) < 4.78 is 118. The Kier molecular flexibility index (Phi) is 5.73. The molecule has 2 aromatic carbocycles. The van der Waals surface area contributed by atoms with Gasteiger partial charge in [-0.1, -0.05) is 16.6 Å². The third kappa shape index (κ3) is 3.69. The van der Waals surface area contributed by atoms with Crippen LogP contribution in [0.15, 0.2) is 58.4 Å². The maximum Gasteiger partial charge on any atom is 0.579 e. The van der Waals surface area contributed by atoms with Gasteiger partial charge in [0.25, 0.3) is 0 Å². The van der Waals surface area contributed by atoms with E-state index >= 15 is 0 Å². The monoisotopic (exact) mass is 483 g/mol. The third-order valence-electron chi connectivity index (χ3n) is 4.76. The van der Waals surface area contributed by atoms with Crippen LogP contribution in [0.1, 0.15) is 11.1 Å². The van der Waals surface area contributed by atoms with Crippen molar-refractivity contribution in [2.75, 3.05) is 12.9 Å². The minimum atomic E-state index is -6.03. The number of amidine groups is 1. The van der Waals surface area contributed by atoms with Crippen LogP contribution in [0.25, 0.3) is 11.4 Å². The zero-order valence-electron chi connectivity index (χ0n) is 16.0. The van der Waals surface area contributed by atoms with E-state index in [0.717, 1.165) is 42.7 Å². The van der Waals surface area contributed by atoms with Gasteiger partial charge in [0, 0.05) is 17.4 Å². The fraction of sp³-hybridized carbons (Fsp3) is 0.211. The average molecular weight is 483 g/mol. The number of nitrogens with zero attached hydrogens (tertiary/aromatic N) is 2. The molecule has 0 saturated heterocycles. The molecule has 0 aliphatic carbocycles. The van der Waals surface area contributed by atoms with Gasteiger partial charge in [0.1, 0.15) is 18.1 Å². The predicted octanol–water partition coefficient (Wildman–Crippen LogP) is 4.32. The van der Waals surface area contributed by atoms with Crippen molar-refractivity contribution >= 4 is 27.1 Å². The maximum absolute atomic E-state index is 14.1. The quantitative estimate of drug-likeness (QED) is 0.400. The number of aliphatic hydroxyl groups is 1. The topological polar surface area (TPSA) is 66.7 Å². The second-order valence-corrected chi connectivity index (χ2v) is 8.81. The summed E-state index contributed by atoms with van der Waals surface area (Å²) in [6.45, 7) is -1.69. The van der Waals surface area contributed by atoms with Crippen molar-refractivity contribution in [2.45, 2.75) is 17.5 Å². The summed E-state index contributed by atoms with van der Waals surface area (Å²) in [6.07, 6.45) is -11.2. The van der Waals surface area contributed by atoms with Crippen LogP contribution in [0.5, 0.6) is 0 Å². The minimum absolute atomic E-state index is 0.220. The molecule has 1 aliphatic heterocycles. The summed E-state index contributed by atoms with van der Waals surface area (Å²) in [4.78, 5) is 3.25. The molecule has 0 spiro atoms. The summed E-state index contributed by atoms with van der Waals surface area (Å²) >= 11 is 0. The molecule has 0 bridgehead atoms. The minimum Gasteiger partial charge on any atom is -0.384 e. The Labute approximate surface area is 177 Å². The number of aliphatic imine (C=N–C) groups is 1. The van der Waals surface area contributed by atoms with E-state index in [-0.39, 0.29) is 10.5 Å². The standard InChI is InChI=1S/C19H14F7N2O3S/c1-32(30,31)14-8-4-11(5-9-14)16-17(12-2-6-13(20)7-3-12)28(18(21,22)23,19(24,25)26)15(10-29)27-16/h2-9,29H,10H2,1H3/q+1. The molecule has 1 N–H and O–H groups in total. The van der Waals surface area contributed by atoms with E-state index in [1.807, 2.05) is 0 Å². The number of hydrogen-bond donors (Lipinski definition) is 1. The van der Waals surface area contributed by atoms with Gasteiger partial charge in [-0.25, -0.2) is 12.8 Å². The lowest BCUT2D eigenvalue weighted by Gasteiger charge is -2.36. The van der Waals surface area contributed by atoms with Crippen molar-refractivity contribution in [3.8, 4) is 0 Å². The van der Waals surface area contributed by atoms with Crippen LogP contribution in [0.4, 0.5) is 30.7 Å². The van der Waals surface area contributed by atoms with Gasteiger partial charge in [0.15, 0.2) is 15.5 Å². The highest BCUT2D eigenvalue weighted by Crippen LogP contribution is 2.55. The Hall–Kier alpha value is -2.77. The van der Waals surface area contributed by atoms with Gasteiger partial charge in [0.2, 0.25) is 5.84 Å². The normalized spacial score (nSPS) is 17.0. The number of alkyl halides is 6. The Balaban J connectivity index is 2.44. The largest absolute Gasteiger partial charge is 0.579 e. The van der Waals surface area contributed by atoms with Gasteiger partial charge in [-0.05, 0) is 36.4 Å². The number of quaternary nitrogens is 1. The van der Waals surface area contributed by atoms with E-state index < -0.39 is 62.1 Å². The Morgan fingerprint density at radius 1 is 0.875 bits per heavy atom. The molecule has 1 heterocycles. The molecule has 0 atom stereocenters. The molecule has 2 aromatic rings. The molecule has 13 heteroatoms. The fourth-order valence-electron chi connectivity index (χ4n) is 3.38. The molecule has 3 rings (SSSR count). The van der Waals surface area contributed by atoms with Crippen molar-refractivity contribution in [2.24, 2.45) is 4.99 Å². The molecule has 0 unspecified atom stereocenters. The Morgan fingerprint density at radius 3 is 1.75 bits per heavy atom. The first-order valence-electron chi connectivity index (χ1n) is 8.67. The average Bonchev–Trinajstić information content (AvgIpc) is 3.04. The lowest BCUT2D eigenvalue weighted by molar-refractivity contribution is -0.990. The van der Waals surface area contributed by atoms with E-state index in [1.165, 1.54) is 0 Å². The van der Waals surface area contributed by atoms with Gasteiger partial charge >= 0.3 is 12.6 Å². The van der Waals surface area contributed by atoms with Crippen LogP contribution >= 0.6 is 0 Å². The molecule has 172 valence electrons. The number of rotatable bonds is 4. The second-order valence-electron chi connectivity index (χ2n) is 6.79. The van der Waals surface area contributed by atoms with Crippen molar-refractivity contribution in [3.63, 3.8) is 0 Å². The smallest absolute Gasteiger partial charge is 0.384 e. The molecule has 32 heavy (non-hydrogen) atoms. The SMILES string of the molecule is CS(=O)(=O)c1ccc(C2=C(c3ccc(F)cc3)[N+](C(F)(F)F)(C(F)(F)F)C(CO)=N2)cc1. The number of aliphatic hydroxyl groups excluding tert-OH is 1. The van der Waals surface area contributed by atoms with E-state index in [0.29, 0.717) is 12.1 Å². The molecule has 0 fully saturated rings. The van der Waals surface area contributed by atoms with E-state index in [1.54, 1.807) is 0 Å². The summed E-state index contributed by atoms with van der Waals surface area (Å²) in [5.74, 6) is -2.56. The number of halogens is 7. The van der Waals surface area contributed by atoms with Gasteiger partial charge in [-0.15, -0.1) is 26.3 Å². The second kappa shape index (κ2) is 7.67. The van der Waals surface area contributed by atoms with E-state index in [9.17, 15) is 44.3 Å². The summed E-state index contributed by atoms with van der Waals surface area (Å²) in [6, 6.07) is 6.84. The summed E-state index contributed by atoms with van der Waals surface area (Å²) in [5.41, 5.74) is -3.11. The zero-order valence-corrected chi connectivity index (χ0v) is 16.9. The highest BCUT2D eigenvalue weighted by atomic mass is 32.2. The van der Waals surface area contributed by atoms with Crippen LogP contribution in [0.3, 0.4) is 0 Å². The van der Waals surface area contributed by atoms with Crippen LogP contribution in [0.2, 0.25) is 0 Å². The number of hydrogen-bond acceptors (Lipinski definition) is 4. The lowest BCUT2D eigenvalue weighted by Crippen LogP contribution is -2.67. The molecule has 0 aromatic heterocycles. The van der Waals surface area contributed by atoms with Crippen LogP contribution < -0.4 is 0 Å². The number of benzene rings is 2. The molecule has 5 nitrogen and oxygen atoms in total. The van der Waals surface area contributed by atoms with Crippen molar-refractivity contribution in [3.05, 3.63) is 65.5 Å². The molecule has 0 radical (unpaired) electrons. The van der Waals surface area contributed by atoms with Gasteiger partial charge in [-0.2, -0.15) is 4.99 Å². The first-order valence-corrected chi connectivity index (χ1v) is 10.6. The molecular formula is C19H14F7N2O3S+. The van der Waals surface area contributed by atoms with E-state index in [4.69, 9.17) is 0 Å². The van der Waals surface area contributed by atoms with E-state index in [2.05, 4.69) is 4.99 Å². The predicted molar refractivity (Wildman–Crippen MR) is 99.7 cm³/mol. The lowest BCUT2D eigenvalue weighted by atomic mass is 10.0. The van der Waals surface area contributed by atoms with Gasteiger partial charge < -0.3 is 5.11 Å². The Morgan fingerprint density at radius 2 is 1.34 bits per heavy atom. The fourth-order valence-corrected chi connectivity index (χ4v) is 4.01. The van der Waals surface area contributed by atoms with Crippen molar-refractivity contribution in [1.82, 2.24) is 0 Å². The maximum atomic E-state index is 14.1. The highest BCUT2D eigenvalue weighted by Gasteiger charge is 2.79. The third-order valence-corrected chi connectivity index (χ3v) is 5.89. The van der Waals surface area contributed by atoms with Crippen LogP contribution in [0, 0.1) is 5.82 Å². The summed E-state index contributed by atoms with van der Waals surface area (Å²) in [5, 5.41) is 9.44. The van der Waals surface area contributed by atoms with Crippen LogP contribution in [-0.2, 0) is 9.84 Å². The molecule has 1 aliphatic rings. The van der Waals surface area contributed by atoms with Crippen molar-refractivity contribution < 1.29 is 48.7 Å². The Bertz CT molecular complexity index is 1180. The summed E-state index contributed by atoms with van der Waals surface area (Å²) in [7, 11) is -3.70. The van der Waals surface area contributed by atoms with Crippen molar-refractivity contribution in [1.29, 1.82) is 0 Å². The highest BCUT2D eigenvalue weighted by molar-refractivity contribution is 7.90. The first-order chi connectivity index (χ1) is 14.6. The van der Waals surface area contributed by atoms with Gasteiger partial charge in [0.05, 0.1) is 4.90 Å². The molecular weight excluding hydrogens is 469 g/mol. The van der Waals surface area contributed by atoms with Crippen LogP contribution in [-0.4, -0.2) is 49.3 Å². The molecule has 0 amide bonds. The first kappa shape index (κ1) is 23.9. The number of sulfone groups is 1. The molecule has 0 saturated carbocycles. The van der Waals surface area contributed by atoms with Gasteiger partial charge in [-0.3, -0.25) is 0 Å².